The molecule has 0 saturated heterocycles. The smallest absolute Gasteiger partial charge is 0.227 e. The maximum absolute atomic E-state index is 6.72. The van der Waals surface area contributed by atoms with Gasteiger partial charge in [0, 0.05) is 39.2 Å². The van der Waals surface area contributed by atoms with E-state index in [0.717, 1.165) is 66.4 Å². The Morgan fingerprint density at radius 1 is 0.373 bits per heavy atom. The van der Waals surface area contributed by atoms with Crippen molar-refractivity contribution in [2.24, 2.45) is 0 Å². The highest BCUT2D eigenvalue weighted by molar-refractivity contribution is 6.22. The van der Waals surface area contributed by atoms with Crippen molar-refractivity contribution in [1.29, 1.82) is 0 Å². The maximum Gasteiger partial charge on any atom is 0.227 e. The minimum Gasteiger partial charge on any atom is -0.456 e. The van der Waals surface area contributed by atoms with Crippen LogP contribution in [0.4, 0.5) is 17.1 Å². The lowest BCUT2D eigenvalue weighted by atomic mass is 9.99. The molecule has 8 aromatic carbocycles. The number of anilines is 3. The van der Waals surface area contributed by atoms with Gasteiger partial charge in [-0.1, -0.05) is 121 Å². The molecule has 0 radical (unpaired) electrons. The molecule has 4 nitrogen and oxygen atoms in total. The van der Waals surface area contributed by atoms with E-state index in [-0.39, 0.29) is 0 Å². The molecule has 0 spiro atoms. The number of furan rings is 1. The predicted octanol–water partition coefficient (Wildman–Crippen LogP) is 13.4. The Morgan fingerprint density at radius 3 is 1.57 bits per heavy atom. The standard InChI is InChI=1S/C47H30N2O2/c1-3-11-31(12-4-1)33-19-24-36(25-20-33)49(37-26-21-34(22-27-37)32-13-5-2-6-14-32)42-30-45-46(39-16-8-7-15-38(39)42)40-28-23-35(29-44(40)50-45)47-48-41-17-9-10-18-43(41)51-47/h1-30H. The predicted molar refractivity (Wildman–Crippen MR) is 210 cm³/mol. The van der Waals surface area contributed by atoms with Crippen LogP contribution in [0, 0.1) is 0 Å². The molecule has 0 aliphatic heterocycles. The molecule has 51 heavy (non-hydrogen) atoms. The van der Waals surface area contributed by atoms with Gasteiger partial charge in [-0.15, -0.1) is 0 Å². The Balaban J connectivity index is 1.15. The van der Waals surface area contributed by atoms with Gasteiger partial charge in [0.25, 0.3) is 0 Å². The van der Waals surface area contributed by atoms with Crippen molar-refractivity contribution in [3.63, 3.8) is 0 Å². The fourth-order valence-corrected chi connectivity index (χ4v) is 7.23. The van der Waals surface area contributed by atoms with Crippen LogP contribution in [0.1, 0.15) is 0 Å². The zero-order valence-corrected chi connectivity index (χ0v) is 27.5. The topological polar surface area (TPSA) is 42.4 Å². The van der Waals surface area contributed by atoms with E-state index in [4.69, 9.17) is 13.8 Å². The average Bonchev–Trinajstić information content (AvgIpc) is 3.81. The molecule has 10 rings (SSSR count). The summed E-state index contributed by atoms with van der Waals surface area (Å²) in [6, 6.07) is 63.5. The number of hydrogen-bond acceptors (Lipinski definition) is 4. The van der Waals surface area contributed by atoms with Gasteiger partial charge in [-0.3, -0.25) is 0 Å². The first kappa shape index (κ1) is 29.0. The quantitative estimate of drug-likeness (QED) is 0.179. The van der Waals surface area contributed by atoms with E-state index in [2.05, 4.69) is 157 Å². The van der Waals surface area contributed by atoms with Crippen LogP contribution in [0.25, 0.3) is 77.5 Å². The average molecular weight is 655 g/mol. The van der Waals surface area contributed by atoms with Gasteiger partial charge < -0.3 is 13.7 Å². The molecule has 240 valence electrons. The van der Waals surface area contributed by atoms with Crippen LogP contribution in [0.3, 0.4) is 0 Å². The first-order chi connectivity index (χ1) is 25.3. The minimum atomic E-state index is 0.577. The maximum atomic E-state index is 6.72. The first-order valence-electron chi connectivity index (χ1n) is 17.1. The van der Waals surface area contributed by atoms with Gasteiger partial charge in [0.05, 0.1) is 5.69 Å². The van der Waals surface area contributed by atoms with Gasteiger partial charge >= 0.3 is 0 Å². The van der Waals surface area contributed by atoms with E-state index in [1.54, 1.807) is 0 Å². The summed E-state index contributed by atoms with van der Waals surface area (Å²) in [7, 11) is 0. The number of rotatable bonds is 6. The fourth-order valence-electron chi connectivity index (χ4n) is 7.23. The lowest BCUT2D eigenvalue weighted by Crippen LogP contribution is -2.10. The molecular weight excluding hydrogens is 625 g/mol. The van der Waals surface area contributed by atoms with Crippen LogP contribution < -0.4 is 4.90 Å². The van der Waals surface area contributed by atoms with E-state index >= 15 is 0 Å². The molecule has 0 N–H and O–H groups in total. The van der Waals surface area contributed by atoms with Crippen molar-refractivity contribution in [2.75, 3.05) is 4.90 Å². The second-order valence-corrected chi connectivity index (χ2v) is 12.8. The number of fused-ring (bicyclic) bond motifs is 6. The number of hydrogen-bond donors (Lipinski definition) is 0. The Labute approximate surface area is 294 Å². The third kappa shape index (κ3) is 5.04. The third-order valence-corrected chi connectivity index (χ3v) is 9.70. The zero-order chi connectivity index (χ0) is 33.7. The van der Waals surface area contributed by atoms with Gasteiger partial charge in [-0.05, 0) is 82.2 Å². The molecule has 0 bridgehead atoms. The largest absolute Gasteiger partial charge is 0.456 e. The van der Waals surface area contributed by atoms with E-state index in [9.17, 15) is 0 Å². The molecule has 10 aromatic rings. The van der Waals surface area contributed by atoms with Crippen molar-refractivity contribution >= 4 is 60.9 Å². The molecule has 4 heteroatoms. The molecule has 0 saturated carbocycles. The van der Waals surface area contributed by atoms with E-state index in [1.807, 2.05) is 30.3 Å². The third-order valence-electron chi connectivity index (χ3n) is 9.70. The van der Waals surface area contributed by atoms with Crippen molar-refractivity contribution in [3.05, 3.63) is 182 Å². The Bertz CT molecular complexity index is 2720. The molecule has 0 amide bonds. The highest BCUT2D eigenvalue weighted by Gasteiger charge is 2.21. The first-order valence-corrected chi connectivity index (χ1v) is 17.1. The van der Waals surface area contributed by atoms with Gasteiger partial charge in [0.15, 0.2) is 5.58 Å². The molecule has 2 heterocycles. The normalized spacial score (nSPS) is 11.5. The van der Waals surface area contributed by atoms with E-state index < -0.39 is 0 Å². The second-order valence-electron chi connectivity index (χ2n) is 12.8. The van der Waals surface area contributed by atoms with Crippen LogP contribution in [0.15, 0.2) is 191 Å². The molecule has 0 fully saturated rings. The van der Waals surface area contributed by atoms with Gasteiger partial charge in [0.2, 0.25) is 5.89 Å². The van der Waals surface area contributed by atoms with Crippen molar-refractivity contribution in [3.8, 4) is 33.7 Å². The molecule has 2 aromatic heterocycles. The molecule has 0 aliphatic rings. The van der Waals surface area contributed by atoms with E-state index in [0.29, 0.717) is 5.89 Å². The Morgan fingerprint density at radius 2 is 0.922 bits per heavy atom. The number of oxazole rings is 1. The Kier molecular flexibility index (Phi) is 6.78. The van der Waals surface area contributed by atoms with Crippen LogP contribution in [0.2, 0.25) is 0 Å². The van der Waals surface area contributed by atoms with E-state index in [1.165, 1.54) is 22.3 Å². The van der Waals surface area contributed by atoms with Crippen LogP contribution in [-0.4, -0.2) is 4.98 Å². The lowest BCUT2D eigenvalue weighted by Gasteiger charge is -2.27. The summed E-state index contributed by atoms with van der Waals surface area (Å²) in [5.74, 6) is 0.577. The van der Waals surface area contributed by atoms with Crippen LogP contribution >= 0.6 is 0 Å². The summed E-state index contributed by atoms with van der Waals surface area (Å²) in [4.78, 5) is 7.07. The highest BCUT2D eigenvalue weighted by atomic mass is 16.3. The summed E-state index contributed by atoms with van der Waals surface area (Å²) in [5.41, 5.74) is 12.0. The number of aromatic nitrogens is 1. The molecule has 0 atom stereocenters. The molecule has 0 unspecified atom stereocenters. The van der Waals surface area contributed by atoms with Crippen molar-refractivity contribution in [2.45, 2.75) is 0 Å². The highest BCUT2D eigenvalue weighted by Crippen LogP contribution is 2.45. The summed E-state index contributed by atoms with van der Waals surface area (Å²) in [6.07, 6.45) is 0. The lowest BCUT2D eigenvalue weighted by molar-refractivity contribution is 0.619. The summed E-state index contributed by atoms with van der Waals surface area (Å²) < 4.78 is 12.8. The fraction of sp³-hybridized carbons (Fsp3) is 0. The summed E-state index contributed by atoms with van der Waals surface area (Å²) >= 11 is 0. The van der Waals surface area contributed by atoms with Gasteiger partial charge in [-0.2, -0.15) is 0 Å². The minimum absolute atomic E-state index is 0.577. The second kappa shape index (κ2) is 11.9. The van der Waals surface area contributed by atoms with Crippen molar-refractivity contribution < 1.29 is 8.83 Å². The number of nitrogens with zero attached hydrogens (tertiary/aromatic N) is 2. The summed E-state index contributed by atoms with van der Waals surface area (Å²) in [6.45, 7) is 0. The summed E-state index contributed by atoms with van der Waals surface area (Å²) in [5, 5.41) is 4.41. The molecule has 0 aliphatic carbocycles. The SMILES string of the molecule is c1ccc(-c2ccc(N(c3ccc(-c4ccccc4)cc3)c3cc4oc5cc(-c6nc7ccccc7o6)ccc5c4c4ccccc34)cc2)cc1. The van der Waals surface area contributed by atoms with Crippen LogP contribution in [0.5, 0.6) is 0 Å². The Hall–Kier alpha value is -6.91. The van der Waals surface area contributed by atoms with Crippen LogP contribution in [-0.2, 0) is 0 Å². The van der Waals surface area contributed by atoms with Crippen molar-refractivity contribution in [1.82, 2.24) is 4.98 Å². The molecular formula is C47H30N2O2. The van der Waals surface area contributed by atoms with Gasteiger partial charge in [-0.25, -0.2) is 4.98 Å². The zero-order valence-electron chi connectivity index (χ0n) is 27.5. The number of para-hydroxylation sites is 2. The van der Waals surface area contributed by atoms with Gasteiger partial charge in [0.1, 0.15) is 16.7 Å². The number of benzene rings is 8. The monoisotopic (exact) mass is 654 g/mol.